The molecule has 12 heteroatoms. The van der Waals surface area contributed by atoms with E-state index in [1.807, 2.05) is 4.90 Å². The summed E-state index contributed by atoms with van der Waals surface area (Å²) < 4.78 is 16.0. The summed E-state index contributed by atoms with van der Waals surface area (Å²) in [6.07, 6.45) is 0.925. The third-order valence-corrected chi connectivity index (χ3v) is 5.24. The molecule has 40 heavy (non-hydrogen) atoms. The smallest absolute Gasteiger partial charge is 0.410 e. The van der Waals surface area contributed by atoms with Crippen LogP contribution in [-0.4, -0.2) is 101 Å². The molecule has 0 bridgehead atoms. The van der Waals surface area contributed by atoms with Crippen LogP contribution in [0.25, 0.3) is 0 Å². The molecule has 0 saturated carbocycles. The number of nitrogens with one attached hydrogen (secondary N) is 2. The number of unbranched alkanes of at least 4 members (excludes halogenated alkanes) is 1. The second-order valence-electron chi connectivity index (χ2n) is 12.8. The first-order valence-corrected chi connectivity index (χ1v) is 14.1. The van der Waals surface area contributed by atoms with Crippen molar-refractivity contribution < 1.29 is 38.5 Å². The van der Waals surface area contributed by atoms with Crippen LogP contribution in [0.5, 0.6) is 0 Å². The highest BCUT2D eigenvalue weighted by molar-refractivity contribution is 5.73. The van der Waals surface area contributed by atoms with E-state index >= 15 is 0 Å². The van der Waals surface area contributed by atoms with Crippen LogP contribution >= 0.6 is 0 Å². The predicted octanol–water partition coefficient (Wildman–Crippen LogP) is 4.61. The fourth-order valence-corrected chi connectivity index (χ4v) is 3.46. The van der Waals surface area contributed by atoms with Crippen LogP contribution in [0.3, 0.4) is 0 Å². The fraction of sp³-hybridized carbons (Fsp3) is 0.857. The summed E-state index contributed by atoms with van der Waals surface area (Å²) in [4.78, 5) is 51.6. The molecule has 0 radical (unpaired) electrons. The number of carboxylic acid groups (broad SMARTS) is 1. The maximum absolute atomic E-state index is 12.8. The SMILES string of the molecule is CC(C(=O)O)N(CCCCN(CCCNC(=O)OC(C)(C)C)C(=O)OC(C)(C)C)CCCNC(=O)OC(C)(C)C. The Bertz CT molecular complexity index is 800. The molecule has 0 aromatic carbocycles. The maximum Gasteiger partial charge on any atom is 0.410 e. The summed E-state index contributed by atoms with van der Waals surface area (Å²) in [5.41, 5.74) is -1.83. The van der Waals surface area contributed by atoms with Crippen molar-refractivity contribution >= 4 is 24.2 Å². The van der Waals surface area contributed by atoms with Crippen molar-refractivity contribution in [3.63, 3.8) is 0 Å². The van der Waals surface area contributed by atoms with Crippen molar-refractivity contribution in [2.45, 2.75) is 118 Å². The quantitative estimate of drug-likeness (QED) is 0.188. The number of hydrogen-bond donors (Lipinski definition) is 3. The van der Waals surface area contributed by atoms with Gasteiger partial charge < -0.3 is 34.9 Å². The maximum atomic E-state index is 12.8. The van der Waals surface area contributed by atoms with E-state index in [-0.39, 0.29) is 0 Å². The largest absolute Gasteiger partial charge is 0.480 e. The molecule has 0 heterocycles. The molecular formula is C28H54N4O8. The Kier molecular flexibility index (Phi) is 16.0. The van der Waals surface area contributed by atoms with E-state index < -0.39 is 47.1 Å². The van der Waals surface area contributed by atoms with Gasteiger partial charge in [-0.05, 0) is 101 Å². The summed E-state index contributed by atoms with van der Waals surface area (Å²) in [6, 6.07) is -0.692. The molecule has 1 atom stereocenters. The average Bonchev–Trinajstić information content (AvgIpc) is 2.74. The van der Waals surface area contributed by atoms with Crippen LogP contribution in [0, 0.1) is 0 Å². The lowest BCUT2D eigenvalue weighted by Gasteiger charge is -2.29. The van der Waals surface area contributed by atoms with Gasteiger partial charge in [0.25, 0.3) is 0 Å². The Hall–Kier alpha value is -2.76. The standard InChI is InChI=1S/C28H54N4O8/c1-21(22(33)34)31(19-13-15-29-23(35)38-26(2,3)4)17-11-12-18-32(25(37)40-28(8,9)10)20-14-16-30-24(36)39-27(5,6)7/h21H,11-20H2,1-10H3,(H,29,35)(H,30,36)(H,33,34). The first kappa shape index (κ1) is 37.2. The zero-order valence-corrected chi connectivity index (χ0v) is 26.3. The molecule has 1 unspecified atom stereocenters. The Balaban J connectivity index is 4.85. The van der Waals surface area contributed by atoms with Gasteiger partial charge in [-0.15, -0.1) is 0 Å². The minimum atomic E-state index is -0.923. The number of carbonyl (C=O) groups is 4. The Labute approximate surface area is 240 Å². The van der Waals surface area contributed by atoms with Gasteiger partial charge in [0.2, 0.25) is 0 Å². The molecule has 0 aromatic rings. The Morgan fingerprint density at radius 2 is 1.02 bits per heavy atom. The minimum absolute atomic E-state index is 0.343. The van der Waals surface area contributed by atoms with Crippen molar-refractivity contribution in [3.8, 4) is 0 Å². The topological polar surface area (TPSA) is 147 Å². The molecule has 0 saturated heterocycles. The lowest BCUT2D eigenvalue weighted by molar-refractivity contribution is -0.142. The van der Waals surface area contributed by atoms with Crippen molar-refractivity contribution in [1.82, 2.24) is 20.4 Å². The molecule has 0 aliphatic rings. The lowest BCUT2D eigenvalue weighted by Crippen LogP contribution is -2.42. The van der Waals surface area contributed by atoms with Gasteiger partial charge in [0.05, 0.1) is 0 Å². The number of alkyl carbamates (subject to hydrolysis) is 2. The van der Waals surface area contributed by atoms with Crippen LogP contribution < -0.4 is 10.6 Å². The monoisotopic (exact) mass is 574 g/mol. The number of carboxylic acids is 1. The molecule has 234 valence electrons. The third-order valence-electron chi connectivity index (χ3n) is 5.24. The minimum Gasteiger partial charge on any atom is -0.480 e. The summed E-state index contributed by atoms with van der Waals surface area (Å²) in [7, 11) is 0. The van der Waals surface area contributed by atoms with Gasteiger partial charge in [0.1, 0.15) is 22.8 Å². The second kappa shape index (κ2) is 17.1. The highest BCUT2D eigenvalue weighted by Gasteiger charge is 2.24. The Morgan fingerprint density at radius 3 is 1.45 bits per heavy atom. The first-order valence-electron chi connectivity index (χ1n) is 14.1. The molecule has 0 aliphatic heterocycles. The van der Waals surface area contributed by atoms with Crippen molar-refractivity contribution in [1.29, 1.82) is 0 Å². The lowest BCUT2D eigenvalue weighted by atomic mass is 10.2. The van der Waals surface area contributed by atoms with Crippen LogP contribution in [0.4, 0.5) is 14.4 Å². The molecule has 0 spiro atoms. The summed E-state index contributed by atoms with van der Waals surface area (Å²) in [5.74, 6) is -0.923. The van der Waals surface area contributed by atoms with Gasteiger partial charge >= 0.3 is 24.2 Å². The van der Waals surface area contributed by atoms with Crippen molar-refractivity contribution in [2.24, 2.45) is 0 Å². The Morgan fingerprint density at radius 1 is 0.650 bits per heavy atom. The molecule has 12 nitrogen and oxygen atoms in total. The zero-order chi connectivity index (χ0) is 31.1. The predicted molar refractivity (Wildman–Crippen MR) is 153 cm³/mol. The van der Waals surface area contributed by atoms with Crippen molar-refractivity contribution in [3.05, 3.63) is 0 Å². The zero-order valence-electron chi connectivity index (χ0n) is 26.3. The van der Waals surface area contributed by atoms with E-state index in [2.05, 4.69) is 10.6 Å². The van der Waals surface area contributed by atoms with Gasteiger partial charge in [0.15, 0.2) is 0 Å². The van der Waals surface area contributed by atoms with Crippen LogP contribution in [0.2, 0.25) is 0 Å². The second-order valence-corrected chi connectivity index (χ2v) is 12.8. The number of nitrogens with zero attached hydrogens (tertiary/aromatic N) is 2. The molecule has 3 N–H and O–H groups in total. The summed E-state index contributed by atoms with van der Waals surface area (Å²) >= 11 is 0. The van der Waals surface area contributed by atoms with E-state index in [9.17, 15) is 24.3 Å². The van der Waals surface area contributed by atoms with Gasteiger partial charge in [-0.2, -0.15) is 0 Å². The molecule has 0 aromatic heterocycles. The number of amides is 3. The van der Waals surface area contributed by atoms with Gasteiger partial charge in [0, 0.05) is 32.7 Å². The molecule has 0 fully saturated rings. The average molecular weight is 575 g/mol. The normalized spacial score (nSPS) is 12.9. The first-order chi connectivity index (χ1) is 18.2. The third kappa shape index (κ3) is 20.2. The molecular weight excluding hydrogens is 520 g/mol. The molecule has 3 amide bonds. The van der Waals surface area contributed by atoms with Crippen LogP contribution in [0.15, 0.2) is 0 Å². The van der Waals surface area contributed by atoms with Gasteiger partial charge in [-0.3, -0.25) is 9.69 Å². The van der Waals surface area contributed by atoms with E-state index in [0.717, 1.165) is 0 Å². The molecule has 0 rings (SSSR count). The number of hydrogen-bond acceptors (Lipinski definition) is 8. The fourth-order valence-electron chi connectivity index (χ4n) is 3.46. The van der Waals surface area contributed by atoms with Crippen LogP contribution in [-0.2, 0) is 19.0 Å². The van der Waals surface area contributed by atoms with E-state index in [0.29, 0.717) is 65.0 Å². The number of rotatable bonds is 15. The summed E-state index contributed by atoms with van der Waals surface area (Å²) in [6.45, 7) is 20.3. The molecule has 0 aliphatic carbocycles. The van der Waals surface area contributed by atoms with Crippen molar-refractivity contribution in [2.75, 3.05) is 39.3 Å². The van der Waals surface area contributed by atoms with Crippen LogP contribution in [0.1, 0.15) is 94.9 Å². The van der Waals surface area contributed by atoms with Gasteiger partial charge in [-0.25, -0.2) is 14.4 Å². The highest BCUT2D eigenvalue weighted by Crippen LogP contribution is 2.12. The van der Waals surface area contributed by atoms with E-state index in [4.69, 9.17) is 14.2 Å². The highest BCUT2D eigenvalue weighted by atomic mass is 16.6. The number of aliphatic carboxylic acids is 1. The van der Waals surface area contributed by atoms with Gasteiger partial charge in [-0.1, -0.05) is 0 Å². The number of ether oxygens (including phenoxy) is 3. The van der Waals surface area contributed by atoms with E-state index in [1.165, 1.54) is 0 Å². The summed E-state index contributed by atoms with van der Waals surface area (Å²) in [5, 5.41) is 14.9. The van der Waals surface area contributed by atoms with E-state index in [1.54, 1.807) is 74.1 Å². The number of carbonyl (C=O) groups excluding carboxylic acids is 3.